The lowest BCUT2D eigenvalue weighted by Gasteiger charge is -2.20. The van der Waals surface area contributed by atoms with Crippen LogP contribution >= 0.6 is 0 Å². The highest BCUT2D eigenvalue weighted by molar-refractivity contribution is 6.22. The van der Waals surface area contributed by atoms with Crippen molar-refractivity contribution in [1.82, 2.24) is 0 Å². The van der Waals surface area contributed by atoms with Crippen LogP contribution in [-0.4, -0.2) is 24.8 Å². The van der Waals surface area contributed by atoms with Crippen LogP contribution in [0.5, 0.6) is 11.5 Å². The first-order valence-electron chi connectivity index (χ1n) is 12.6. The van der Waals surface area contributed by atoms with Gasteiger partial charge in [0, 0.05) is 24.0 Å². The van der Waals surface area contributed by atoms with Crippen LogP contribution in [0.4, 0.5) is 0 Å². The van der Waals surface area contributed by atoms with Crippen LogP contribution in [0.2, 0.25) is 0 Å². The Kier molecular flexibility index (Phi) is 9.90. The van der Waals surface area contributed by atoms with Crippen molar-refractivity contribution in [2.24, 2.45) is 5.18 Å². The Morgan fingerprint density at radius 2 is 1.84 bits per heavy atom. The molecule has 0 aliphatic rings. The molecule has 192 valence electrons. The molecule has 0 fully saturated rings. The quantitative estimate of drug-likeness (QED) is 0.118. The van der Waals surface area contributed by atoms with E-state index < -0.39 is 0 Å². The van der Waals surface area contributed by atoms with Gasteiger partial charge in [-0.05, 0) is 53.8 Å². The number of aryl methyl sites for hydroxylation is 1. The van der Waals surface area contributed by atoms with Crippen molar-refractivity contribution in [3.63, 3.8) is 0 Å². The van der Waals surface area contributed by atoms with Gasteiger partial charge in [-0.1, -0.05) is 73.6 Å². The normalized spacial score (nSPS) is 12.1. The third kappa shape index (κ3) is 7.23. The maximum absolute atomic E-state index is 11.7. The van der Waals surface area contributed by atoms with Crippen molar-refractivity contribution >= 4 is 17.3 Å². The zero-order valence-corrected chi connectivity index (χ0v) is 22.0. The lowest BCUT2D eigenvalue weighted by atomic mass is 9.84. The Morgan fingerprint density at radius 1 is 1.08 bits per heavy atom. The van der Waals surface area contributed by atoms with Gasteiger partial charge < -0.3 is 9.47 Å². The fourth-order valence-corrected chi connectivity index (χ4v) is 4.41. The molecule has 3 aromatic rings. The molecule has 0 saturated heterocycles. The van der Waals surface area contributed by atoms with E-state index in [2.05, 4.69) is 43.3 Å². The first-order valence-corrected chi connectivity index (χ1v) is 12.6. The van der Waals surface area contributed by atoms with Crippen molar-refractivity contribution in [3.05, 3.63) is 106 Å². The second-order valence-electron chi connectivity index (χ2n) is 8.96. The number of hydrogen-bond donors (Lipinski definition) is 1. The highest BCUT2D eigenvalue weighted by Gasteiger charge is 2.23. The summed E-state index contributed by atoms with van der Waals surface area (Å²) < 4.78 is 11.3. The van der Waals surface area contributed by atoms with Gasteiger partial charge in [-0.25, -0.2) is 0 Å². The lowest BCUT2D eigenvalue weighted by molar-refractivity contribution is -0.132. The number of carbonyl (C=O) groups is 1. The zero-order chi connectivity index (χ0) is 26.8. The van der Waals surface area contributed by atoms with E-state index in [1.807, 2.05) is 49.4 Å². The number of esters is 1. The molecule has 0 spiro atoms. The predicted molar refractivity (Wildman–Crippen MR) is 148 cm³/mol. The minimum absolute atomic E-state index is 0.0790. The van der Waals surface area contributed by atoms with E-state index in [9.17, 15) is 9.70 Å². The Labute approximate surface area is 218 Å². The third-order valence-electron chi connectivity index (χ3n) is 6.27. The van der Waals surface area contributed by atoms with Crippen molar-refractivity contribution < 1.29 is 19.7 Å². The Bertz CT molecular complexity index is 1280. The molecule has 0 saturated carbocycles. The van der Waals surface area contributed by atoms with Crippen molar-refractivity contribution in [1.29, 1.82) is 0 Å². The van der Waals surface area contributed by atoms with E-state index >= 15 is 0 Å². The molecule has 0 bridgehead atoms. The van der Waals surface area contributed by atoms with Crippen LogP contribution in [0, 0.1) is 11.8 Å². The van der Waals surface area contributed by atoms with E-state index in [1.54, 1.807) is 6.07 Å². The number of ether oxygens (including phenoxy) is 2. The molecular formula is C31H35N2O4+. The van der Waals surface area contributed by atoms with Crippen LogP contribution in [0.1, 0.15) is 60.9 Å². The van der Waals surface area contributed by atoms with E-state index in [4.69, 9.17) is 14.9 Å². The molecule has 3 aromatic carbocycles. The largest absolute Gasteiger partial charge is 0.492 e. The number of carbonyl (C=O) groups excluding carboxylic acids is 1. The van der Waals surface area contributed by atoms with Gasteiger partial charge in [-0.3, -0.25) is 10.2 Å². The summed E-state index contributed by atoms with van der Waals surface area (Å²) in [6.07, 6.45) is 3.31. The predicted octanol–water partition coefficient (Wildman–Crippen LogP) is 5.45. The smallest absolute Gasteiger partial charge is 0.308 e. The summed E-state index contributed by atoms with van der Waals surface area (Å²) in [4.78, 5) is 22.3. The summed E-state index contributed by atoms with van der Waals surface area (Å²) in [6, 6.07) is 21.9. The molecule has 0 amide bonds. The molecule has 6 heteroatoms. The van der Waals surface area contributed by atoms with Crippen LogP contribution in [0.3, 0.4) is 0 Å². The fourth-order valence-electron chi connectivity index (χ4n) is 4.41. The van der Waals surface area contributed by atoms with E-state index in [-0.39, 0.29) is 25.0 Å². The summed E-state index contributed by atoms with van der Waals surface area (Å²) in [5.74, 6) is 0.893. The van der Waals surface area contributed by atoms with Crippen molar-refractivity contribution in [3.8, 4) is 11.5 Å². The van der Waals surface area contributed by atoms with E-state index in [0.717, 1.165) is 34.2 Å². The number of nitroso groups, excluding NO2 is 1. The maximum Gasteiger partial charge on any atom is 0.308 e. The number of nitrogens with zero attached hydrogens (tertiary/aromatic N) is 1. The average Bonchev–Trinajstić information content (AvgIpc) is 2.89. The minimum Gasteiger partial charge on any atom is -0.492 e. The Hall–Kier alpha value is -4.06. The van der Waals surface area contributed by atoms with Gasteiger partial charge in [-0.15, -0.1) is 0 Å². The van der Waals surface area contributed by atoms with Gasteiger partial charge in [0.1, 0.15) is 24.7 Å². The summed E-state index contributed by atoms with van der Waals surface area (Å²) in [5.41, 5.74) is 6.71. The topological polar surface area (TPSA) is 90.6 Å². The van der Waals surface area contributed by atoms with Crippen molar-refractivity contribution in [2.75, 3.05) is 13.2 Å². The lowest BCUT2D eigenvalue weighted by Crippen LogP contribution is -2.42. The van der Waals surface area contributed by atoms with Crippen molar-refractivity contribution in [2.45, 2.75) is 46.5 Å². The summed E-state index contributed by atoms with van der Waals surface area (Å²) in [5, 5.41) is 9.72. The molecule has 2 N–H and O–H groups in total. The van der Waals surface area contributed by atoms with Crippen LogP contribution in [0.15, 0.2) is 78.0 Å². The molecule has 0 heterocycles. The number of allylic oxidation sites excluding steroid dienone is 2. The molecule has 6 nitrogen and oxygen atoms in total. The highest BCUT2D eigenvalue weighted by Crippen LogP contribution is 2.35. The molecule has 37 heavy (non-hydrogen) atoms. The van der Waals surface area contributed by atoms with Gasteiger partial charge in [0.15, 0.2) is 5.71 Å². The monoisotopic (exact) mass is 499 g/mol. The molecule has 1 atom stereocenters. The molecular weight excluding hydrogens is 464 g/mol. The highest BCUT2D eigenvalue weighted by atomic mass is 16.5. The number of benzene rings is 3. The second kappa shape index (κ2) is 13.3. The van der Waals surface area contributed by atoms with Crippen LogP contribution < -0.4 is 14.9 Å². The van der Waals surface area contributed by atoms with Gasteiger partial charge in [0.25, 0.3) is 0 Å². The van der Waals surface area contributed by atoms with Gasteiger partial charge >= 0.3 is 5.97 Å². The van der Waals surface area contributed by atoms with E-state index in [0.29, 0.717) is 23.6 Å². The summed E-state index contributed by atoms with van der Waals surface area (Å²) in [7, 11) is 0. The molecule has 0 aromatic heterocycles. The standard InChI is InChI=1S/C31H34N2O4/c1-5-10-27(30(32)20-28-21(2)11-9-14-31(28)37-23(4)34)29-19-25(36-18-17-33-35)15-16-26(29)22(3)24-12-7-6-8-13-24/h6-16,19,22,32H,5,17-18,20H2,1-4H3/p+1/b27-10+,32-30?. The zero-order valence-electron chi connectivity index (χ0n) is 22.0. The third-order valence-corrected chi connectivity index (χ3v) is 6.27. The average molecular weight is 500 g/mol. The molecule has 0 aliphatic carbocycles. The van der Waals surface area contributed by atoms with Gasteiger partial charge in [0.05, 0.1) is 6.42 Å². The maximum atomic E-state index is 11.7. The van der Waals surface area contributed by atoms with E-state index in [1.165, 1.54) is 12.5 Å². The first kappa shape index (κ1) is 27.5. The number of hydrogen-bond acceptors (Lipinski definition) is 5. The number of nitrogens with two attached hydrogens (primary N) is 1. The molecule has 3 rings (SSSR count). The minimum atomic E-state index is -0.372. The summed E-state index contributed by atoms with van der Waals surface area (Å²) >= 11 is 0. The van der Waals surface area contributed by atoms with Gasteiger partial charge in [-0.2, -0.15) is 4.91 Å². The summed E-state index contributed by atoms with van der Waals surface area (Å²) in [6.45, 7) is 7.90. The Morgan fingerprint density at radius 3 is 2.51 bits per heavy atom. The second-order valence-corrected chi connectivity index (χ2v) is 8.96. The number of rotatable bonds is 12. The molecule has 0 aliphatic heterocycles. The van der Waals surface area contributed by atoms with Crippen LogP contribution in [0.25, 0.3) is 5.57 Å². The Balaban J connectivity index is 2.07. The molecule has 1 unspecified atom stereocenters. The SMILES string of the molecule is CC/C=C(/C(=[NH2+])Cc1c(C)cccc1OC(C)=O)c1cc(OCCN=O)ccc1C(C)c1ccccc1. The van der Waals surface area contributed by atoms with Gasteiger partial charge in [0.2, 0.25) is 0 Å². The van der Waals surface area contributed by atoms with Crippen LogP contribution in [-0.2, 0) is 11.2 Å². The fraction of sp³-hybridized carbons (Fsp3) is 0.290. The molecule has 0 radical (unpaired) electrons. The first-order chi connectivity index (χ1) is 17.8.